The van der Waals surface area contributed by atoms with Crippen molar-refractivity contribution in [1.29, 1.82) is 0 Å². The van der Waals surface area contributed by atoms with E-state index in [0.29, 0.717) is 22.5 Å². The average molecular weight is 403 g/mol. The average Bonchev–Trinajstić information content (AvgIpc) is 3.48. The molecule has 5 rings (SSSR count). The van der Waals surface area contributed by atoms with E-state index in [0.717, 1.165) is 31.4 Å². The number of hydrogen-bond acceptors (Lipinski definition) is 5. The molecule has 0 bridgehead atoms. The molecule has 0 radical (unpaired) electrons. The molecule has 1 aliphatic rings. The lowest BCUT2D eigenvalue weighted by Crippen LogP contribution is -2.23. The van der Waals surface area contributed by atoms with Crippen molar-refractivity contribution >= 4 is 22.8 Å². The second-order valence-electron chi connectivity index (χ2n) is 7.57. The minimum atomic E-state index is -0.321. The van der Waals surface area contributed by atoms with Crippen LogP contribution >= 0.6 is 0 Å². The summed E-state index contributed by atoms with van der Waals surface area (Å²) in [5.41, 5.74) is 1.60. The molecule has 0 spiro atoms. The zero-order valence-corrected chi connectivity index (χ0v) is 16.5. The Morgan fingerprint density at radius 2 is 1.93 bits per heavy atom. The van der Waals surface area contributed by atoms with E-state index in [2.05, 4.69) is 25.5 Å². The molecular formula is C21H21N7O2. The molecule has 152 valence electrons. The Bertz CT molecular complexity index is 1280. The number of para-hydroxylation sites is 1. The first kappa shape index (κ1) is 18.3. The van der Waals surface area contributed by atoms with Crippen LogP contribution in [0.3, 0.4) is 0 Å². The fraction of sp³-hybridized carbons (Fsp3) is 0.286. The molecule has 9 heteroatoms. The second kappa shape index (κ2) is 7.25. The van der Waals surface area contributed by atoms with Crippen molar-refractivity contribution in [1.82, 2.24) is 29.5 Å². The number of rotatable bonds is 4. The third-order valence-corrected chi connectivity index (χ3v) is 5.44. The topological polar surface area (TPSA) is 110 Å². The van der Waals surface area contributed by atoms with Crippen molar-refractivity contribution in [3.63, 3.8) is 0 Å². The van der Waals surface area contributed by atoms with Gasteiger partial charge >= 0.3 is 0 Å². The smallest absolute Gasteiger partial charge is 0.263 e. The number of benzene rings is 1. The highest BCUT2D eigenvalue weighted by molar-refractivity contribution is 5.92. The van der Waals surface area contributed by atoms with Gasteiger partial charge in [0.15, 0.2) is 5.65 Å². The third kappa shape index (κ3) is 3.18. The van der Waals surface area contributed by atoms with E-state index in [1.54, 1.807) is 10.7 Å². The van der Waals surface area contributed by atoms with Crippen LogP contribution in [0.4, 0.5) is 5.82 Å². The van der Waals surface area contributed by atoms with Crippen LogP contribution in [-0.2, 0) is 4.79 Å². The van der Waals surface area contributed by atoms with Crippen molar-refractivity contribution in [2.45, 2.75) is 32.6 Å². The lowest BCUT2D eigenvalue weighted by atomic mass is 10.1. The number of aromatic amines is 1. The molecule has 30 heavy (non-hydrogen) atoms. The number of amides is 1. The summed E-state index contributed by atoms with van der Waals surface area (Å²) in [5, 5.41) is 12.1. The van der Waals surface area contributed by atoms with Crippen LogP contribution in [0.2, 0.25) is 0 Å². The monoisotopic (exact) mass is 403 g/mol. The van der Waals surface area contributed by atoms with Gasteiger partial charge in [-0.25, -0.2) is 4.68 Å². The Hall–Kier alpha value is -3.75. The van der Waals surface area contributed by atoms with Crippen LogP contribution < -0.4 is 10.9 Å². The molecule has 1 saturated carbocycles. The van der Waals surface area contributed by atoms with E-state index >= 15 is 0 Å². The van der Waals surface area contributed by atoms with E-state index in [1.807, 2.05) is 37.3 Å². The molecule has 2 N–H and O–H groups in total. The number of nitrogens with one attached hydrogen (secondary N) is 2. The number of carbonyl (C=O) groups is 1. The molecule has 1 fully saturated rings. The molecule has 0 aliphatic heterocycles. The maximum absolute atomic E-state index is 12.7. The van der Waals surface area contributed by atoms with Gasteiger partial charge < -0.3 is 5.32 Å². The van der Waals surface area contributed by atoms with E-state index in [4.69, 9.17) is 0 Å². The largest absolute Gasteiger partial charge is 0.310 e. The van der Waals surface area contributed by atoms with Gasteiger partial charge in [0.2, 0.25) is 11.9 Å². The van der Waals surface area contributed by atoms with Gasteiger partial charge in [-0.2, -0.15) is 19.9 Å². The van der Waals surface area contributed by atoms with E-state index in [1.165, 1.54) is 10.9 Å². The van der Waals surface area contributed by atoms with Crippen LogP contribution in [-0.4, -0.2) is 35.4 Å². The predicted octanol–water partition coefficient (Wildman–Crippen LogP) is 2.73. The summed E-state index contributed by atoms with van der Waals surface area (Å²) in [5.74, 6) is 0.701. The van der Waals surface area contributed by atoms with E-state index < -0.39 is 0 Å². The van der Waals surface area contributed by atoms with Gasteiger partial charge in [0.05, 0.1) is 17.6 Å². The summed E-state index contributed by atoms with van der Waals surface area (Å²) < 4.78 is 3.08. The molecule has 3 aromatic heterocycles. The number of H-pyrrole nitrogens is 1. The van der Waals surface area contributed by atoms with Crippen molar-refractivity contribution < 1.29 is 4.79 Å². The zero-order chi connectivity index (χ0) is 20.7. The van der Waals surface area contributed by atoms with Crippen LogP contribution in [0.5, 0.6) is 0 Å². The highest BCUT2D eigenvalue weighted by atomic mass is 16.2. The number of aromatic nitrogens is 6. The summed E-state index contributed by atoms with van der Waals surface area (Å²) in [7, 11) is 0. The van der Waals surface area contributed by atoms with Crippen LogP contribution in [0.1, 0.15) is 31.4 Å². The maximum atomic E-state index is 12.7. The number of nitrogens with zero attached hydrogens (tertiary/aromatic N) is 5. The Labute approximate surface area is 171 Å². The first-order chi connectivity index (χ1) is 14.6. The van der Waals surface area contributed by atoms with Crippen molar-refractivity contribution in [3.8, 4) is 11.6 Å². The van der Waals surface area contributed by atoms with Gasteiger partial charge in [0.25, 0.3) is 5.56 Å². The summed E-state index contributed by atoms with van der Waals surface area (Å²) in [6, 6.07) is 11.2. The van der Waals surface area contributed by atoms with Crippen molar-refractivity contribution in [2.75, 3.05) is 5.32 Å². The van der Waals surface area contributed by atoms with Crippen LogP contribution in [0.25, 0.3) is 22.7 Å². The highest BCUT2D eigenvalue weighted by Crippen LogP contribution is 2.26. The fourth-order valence-corrected chi connectivity index (χ4v) is 3.93. The van der Waals surface area contributed by atoms with Gasteiger partial charge in [0.1, 0.15) is 11.2 Å². The first-order valence-electron chi connectivity index (χ1n) is 10.0. The van der Waals surface area contributed by atoms with Crippen LogP contribution in [0, 0.1) is 12.8 Å². The Morgan fingerprint density at radius 1 is 1.17 bits per heavy atom. The van der Waals surface area contributed by atoms with E-state index in [-0.39, 0.29) is 23.3 Å². The molecule has 1 aromatic carbocycles. The van der Waals surface area contributed by atoms with Crippen molar-refractivity contribution in [2.24, 2.45) is 5.92 Å². The van der Waals surface area contributed by atoms with Gasteiger partial charge in [-0.1, -0.05) is 31.0 Å². The molecule has 1 aliphatic carbocycles. The lowest BCUT2D eigenvalue weighted by molar-refractivity contribution is -0.119. The minimum absolute atomic E-state index is 0.0163. The number of aryl methyl sites for hydroxylation is 1. The highest BCUT2D eigenvalue weighted by Gasteiger charge is 2.24. The molecule has 9 nitrogen and oxygen atoms in total. The molecule has 3 heterocycles. The van der Waals surface area contributed by atoms with Crippen LogP contribution in [0.15, 0.2) is 47.4 Å². The number of fused-ring (bicyclic) bond motifs is 1. The normalized spacial score (nSPS) is 14.4. The zero-order valence-electron chi connectivity index (χ0n) is 16.5. The predicted molar refractivity (Wildman–Crippen MR) is 112 cm³/mol. The van der Waals surface area contributed by atoms with Crippen molar-refractivity contribution in [3.05, 3.63) is 58.6 Å². The summed E-state index contributed by atoms with van der Waals surface area (Å²) in [6.07, 6.45) is 5.44. The summed E-state index contributed by atoms with van der Waals surface area (Å²) in [6.45, 7) is 1.83. The number of hydrogen-bond donors (Lipinski definition) is 2. The Kier molecular flexibility index (Phi) is 4.42. The number of anilines is 1. The lowest BCUT2D eigenvalue weighted by Gasteiger charge is -2.11. The number of carbonyl (C=O) groups excluding carboxylic acids is 1. The molecular weight excluding hydrogens is 382 g/mol. The fourth-order valence-electron chi connectivity index (χ4n) is 3.93. The minimum Gasteiger partial charge on any atom is -0.310 e. The Morgan fingerprint density at radius 3 is 2.70 bits per heavy atom. The molecule has 4 aromatic rings. The molecule has 0 unspecified atom stereocenters. The van der Waals surface area contributed by atoms with Gasteiger partial charge in [0, 0.05) is 12.0 Å². The quantitative estimate of drug-likeness (QED) is 0.544. The second-order valence-corrected chi connectivity index (χ2v) is 7.57. The molecule has 0 saturated heterocycles. The van der Waals surface area contributed by atoms with Gasteiger partial charge in [-0.05, 0) is 31.9 Å². The van der Waals surface area contributed by atoms with Gasteiger partial charge in [-0.3, -0.25) is 14.6 Å². The molecule has 1 amide bonds. The Balaban J connectivity index is 1.58. The van der Waals surface area contributed by atoms with Gasteiger partial charge in [-0.15, -0.1) is 0 Å². The summed E-state index contributed by atoms with van der Waals surface area (Å²) in [4.78, 5) is 32.7. The van der Waals surface area contributed by atoms with E-state index in [9.17, 15) is 9.59 Å². The standard InChI is InChI=1S/C21H21N7O2/c1-13-11-17(23-19(29)14-7-5-6-8-14)28(26-13)21-24-18-16(20(30)25-21)12-22-27(18)15-9-3-2-4-10-15/h2-4,9-12,14H,5-8H2,1H3,(H,23,29)(H,24,25,30). The third-order valence-electron chi connectivity index (χ3n) is 5.44. The maximum Gasteiger partial charge on any atom is 0.263 e. The first-order valence-corrected chi connectivity index (χ1v) is 10.0. The SMILES string of the molecule is Cc1cc(NC(=O)C2CCCC2)n(-c2nc3c(cnn3-c3ccccc3)c(=O)[nH]2)n1. The summed E-state index contributed by atoms with van der Waals surface area (Å²) >= 11 is 0. The molecule has 0 atom stereocenters.